The average Bonchev–Trinajstić information content (AvgIpc) is 2.27. The van der Waals surface area contributed by atoms with Gasteiger partial charge in [0.1, 0.15) is 5.75 Å². The predicted molar refractivity (Wildman–Crippen MR) is 64.6 cm³/mol. The third-order valence-electron chi connectivity index (χ3n) is 2.33. The third-order valence-corrected chi connectivity index (χ3v) is 2.55. The number of halogens is 1. The van der Waals surface area contributed by atoms with Crippen LogP contribution in [0.4, 0.5) is 0 Å². The van der Waals surface area contributed by atoms with Crippen molar-refractivity contribution in [2.75, 3.05) is 13.0 Å². The average molecular weight is 228 g/mol. The van der Waals surface area contributed by atoms with Crippen LogP contribution in [0.25, 0.3) is 0 Å². The predicted octanol–water partition coefficient (Wildman–Crippen LogP) is 2.80. The van der Waals surface area contributed by atoms with E-state index in [0.717, 1.165) is 18.7 Å². The smallest absolute Gasteiger partial charge is 0.119 e. The van der Waals surface area contributed by atoms with Crippen LogP contribution >= 0.6 is 11.6 Å². The quantitative estimate of drug-likeness (QED) is 0.755. The van der Waals surface area contributed by atoms with Gasteiger partial charge in [-0.05, 0) is 31.0 Å². The first-order valence-corrected chi connectivity index (χ1v) is 5.72. The number of benzene rings is 1. The molecule has 3 heteroatoms. The van der Waals surface area contributed by atoms with Crippen molar-refractivity contribution in [2.45, 2.75) is 25.9 Å². The summed E-state index contributed by atoms with van der Waals surface area (Å²) in [5, 5.41) is 3.41. The topological polar surface area (TPSA) is 21.3 Å². The van der Waals surface area contributed by atoms with Crippen molar-refractivity contribution in [2.24, 2.45) is 0 Å². The van der Waals surface area contributed by atoms with Gasteiger partial charge >= 0.3 is 0 Å². The molecule has 0 amide bonds. The zero-order valence-corrected chi connectivity index (χ0v) is 10.1. The molecule has 0 radical (unpaired) electrons. The molecule has 0 aliphatic rings. The van der Waals surface area contributed by atoms with Crippen LogP contribution in [0.3, 0.4) is 0 Å². The molecule has 0 fully saturated rings. The van der Waals surface area contributed by atoms with E-state index in [1.807, 2.05) is 18.2 Å². The summed E-state index contributed by atoms with van der Waals surface area (Å²) in [5.74, 6) is 1.60. The van der Waals surface area contributed by atoms with Gasteiger partial charge in [0.15, 0.2) is 0 Å². The van der Waals surface area contributed by atoms with Crippen LogP contribution in [0.15, 0.2) is 24.3 Å². The van der Waals surface area contributed by atoms with Crippen molar-refractivity contribution >= 4 is 11.6 Å². The van der Waals surface area contributed by atoms with Gasteiger partial charge in [0.05, 0.1) is 7.11 Å². The van der Waals surface area contributed by atoms with Gasteiger partial charge in [-0.1, -0.05) is 12.1 Å². The Morgan fingerprint density at radius 1 is 1.47 bits per heavy atom. The Kier molecular flexibility index (Phi) is 5.51. The van der Waals surface area contributed by atoms with Crippen LogP contribution in [0.2, 0.25) is 0 Å². The molecule has 1 unspecified atom stereocenters. The Labute approximate surface area is 96.6 Å². The fourth-order valence-electron chi connectivity index (χ4n) is 1.34. The molecule has 0 aliphatic heterocycles. The summed E-state index contributed by atoms with van der Waals surface area (Å²) in [4.78, 5) is 0. The molecule has 0 heterocycles. The van der Waals surface area contributed by atoms with Crippen LogP contribution in [-0.2, 0) is 6.54 Å². The van der Waals surface area contributed by atoms with Crippen LogP contribution in [0.5, 0.6) is 5.75 Å². The van der Waals surface area contributed by atoms with Crippen molar-refractivity contribution in [3.8, 4) is 5.75 Å². The molecular formula is C12H18ClNO. The highest BCUT2D eigenvalue weighted by molar-refractivity contribution is 6.17. The number of hydrogen-bond acceptors (Lipinski definition) is 2. The number of alkyl halides is 1. The molecule has 1 rings (SSSR count). The zero-order chi connectivity index (χ0) is 11.1. The zero-order valence-electron chi connectivity index (χ0n) is 9.29. The van der Waals surface area contributed by atoms with E-state index in [1.54, 1.807) is 7.11 Å². The molecule has 0 bridgehead atoms. The standard InChI is InChI=1S/C12H18ClNO/c1-10(6-7-13)14-9-11-4-3-5-12(8-11)15-2/h3-5,8,10,14H,6-7,9H2,1-2H3. The summed E-state index contributed by atoms with van der Waals surface area (Å²) in [6, 6.07) is 8.53. The van der Waals surface area contributed by atoms with E-state index in [1.165, 1.54) is 5.56 Å². The molecule has 1 atom stereocenters. The summed E-state index contributed by atoms with van der Waals surface area (Å²) in [7, 11) is 1.68. The van der Waals surface area contributed by atoms with Gasteiger partial charge in [-0.25, -0.2) is 0 Å². The van der Waals surface area contributed by atoms with Crippen LogP contribution in [0, 0.1) is 0 Å². The summed E-state index contributed by atoms with van der Waals surface area (Å²) < 4.78 is 5.16. The summed E-state index contributed by atoms with van der Waals surface area (Å²) in [5.41, 5.74) is 1.23. The maximum Gasteiger partial charge on any atom is 0.119 e. The highest BCUT2D eigenvalue weighted by Gasteiger charge is 2.01. The van der Waals surface area contributed by atoms with Crippen LogP contribution in [-0.4, -0.2) is 19.0 Å². The minimum atomic E-state index is 0.453. The molecule has 0 aromatic heterocycles. The van der Waals surface area contributed by atoms with E-state index < -0.39 is 0 Å². The molecule has 0 aliphatic carbocycles. The SMILES string of the molecule is COc1cccc(CNC(C)CCCl)c1. The number of rotatable bonds is 6. The molecule has 1 aromatic rings. The van der Waals surface area contributed by atoms with Gasteiger partial charge in [-0.15, -0.1) is 11.6 Å². The van der Waals surface area contributed by atoms with E-state index in [2.05, 4.69) is 18.3 Å². The van der Waals surface area contributed by atoms with E-state index in [4.69, 9.17) is 16.3 Å². The first kappa shape index (κ1) is 12.3. The number of hydrogen-bond donors (Lipinski definition) is 1. The van der Waals surface area contributed by atoms with Gasteiger partial charge in [-0.3, -0.25) is 0 Å². The Bertz CT molecular complexity index is 291. The summed E-state index contributed by atoms with van der Waals surface area (Å²) >= 11 is 5.67. The fraction of sp³-hybridized carbons (Fsp3) is 0.500. The Hall–Kier alpha value is -0.730. The van der Waals surface area contributed by atoms with Gasteiger partial charge < -0.3 is 10.1 Å². The lowest BCUT2D eigenvalue weighted by Gasteiger charge is -2.12. The van der Waals surface area contributed by atoms with Crippen LogP contribution in [0.1, 0.15) is 18.9 Å². The lowest BCUT2D eigenvalue weighted by molar-refractivity contribution is 0.413. The second-order valence-electron chi connectivity index (χ2n) is 3.61. The normalized spacial score (nSPS) is 12.5. The van der Waals surface area contributed by atoms with Crippen molar-refractivity contribution in [3.05, 3.63) is 29.8 Å². The number of methoxy groups -OCH3 is 1. The highest BCUT2D eigenvalue weighted by Crippen LogP contribution is 2.12. The second kappa shape index (κ2) is 6.70. The van der Waals surface area contributed by atoms with Crippen molar-refractivity contribution in [3.63, 3.8) is 0 Å². The van der Waals surface area contributed by atoms with Crippen molar-refractivity contribution in [1.29, 1.82) is 0 Å². The van der Waals surface area contributed by atoms with E-state index >= 15 is 0 Å². The lowest BCUT2D eigenvalue weighted by atomic mass is 10.2. The minimum absolute atomic E-state index is 0.453. The Morgan fingerprint density at radius 2 is 2.27 bits per heavy atom. The molecule has 1 N–H and O–H groups in total. The minimum Gasteiger partial charge on any atom is -0.497 e. The van der Waals surface area contributed by atoms with Crippen molar-refractivity contribution < 1.29 is 4.74 Å². The number of nitrogens with one attached hydrogen (secondary N) is 1. The molecule has 15 heavy (non-hydrogen) atoms. The largest absolute Gasteiger partial charge is 0.497 e. The maximum absolute atomic E-state index is 5.67. The van der Waals surface area contributed by atoms with E-state index in [0.29, 0.717) is 11.9 Å². The van der Waals surface area contributed by atoms with Gasteiger partial charge in [-0.2, -0.15) is 0 Å². The number of ether oxygens (including phenoxy) is 1. The molecule has 84 valence electrons. The highest BCUT2D eigenvalue weighted by atomic mass is 35.5. The first-order chi connectivity index (χ1) is 7.26. The van der Waals surface area contributed by atoms with Gasteiger partial charge in [0, 0.05) is 18.5 Å². The third kappa shape index (κ3) is 4.54. The maximum atomic E-state index is 5.67. The lowest BCUT2D eigenvalue weighted by Crippen LogP contribution is -2.25. The Morgan fingerprint density at radius 3 is 2.93 bits per heavy atom. The van der Waals surface area contributed by atoms with E-state index in [9.17, 15) is 0 Å². The Balaban J connectivity index is 2.43. The van der Waals surface area contributed by atoms with E-state index in [-0.39, 0.29) is 0 Å². The monoisotopic (exact) mass is 227 g/mol. The summed E-state index contributed by atoms with van der Waals surface area (Å²) in [6.07, 6.45) is 0.992. The molecule has 2 nitrogen and oxygen atoms in total. The molecule has 1 aromatic carbocycles. The first-order valence-electron chi connectivity index (χ1n) is 5.18. The summed E-state index contributed by atoms with van der Waals surface area (Å²) in [6.45, 7) is 3.00. The van der Waals surface area contributed by atoms with Crippen molar-refractivity contribution in [1.82, 2.24) is 5.32 Å². The fourth-order valence-corrected chi connectivity index (χ4v) is 1.67. The van der Waals surface area contributed by atoms with Crippen LogP contribution < -0.4 is 10.1 Å². The second-order valence-corrected chi connectivity index (χ2v) is 3.99. The molecule has 0 saturated carbocycles. The molecule has 0 spiro atoms. The molecular weight excluding hydrogens is 210 g/mol. The van der Waals surface area contributed by atoms with Gasteiger partial charge in [0.2, 0.25) is 0 Å². The van der Waals surface area contributed by atoms with Gasteiger partial charge in [0.25, 0.3) is 0 Å². The molecule has 0 saturated heterocycles.